The highest BCUT2D eigenvalue weighted by Crippen LogP contribution is 2.31. The summed E-state index contributed by atoms with van der Waals surface area (Å²) in [5.74, 6) is -0.377. The van der Waals surface area contributed by atoms with Crippen molar-refractivity contribution in [3.63, 3.8) is 0 Å². The third-order valence-electron chi connectivity index (χ3n) is 2.49. The minimum atomic E-state index is -4.52. The molecule has 7 heteroatoms. The van der Waals surface area contributed by atoms with E-state index in [0.29, 0.717) is 19.1 Å². The Balaban J connectivity index is 2.81. The maximum Gasteiger partial charge on any atom is 0.416 e. The van der Waals surface area contributed by atoms with Gasteiger partial charge < -0.3 is 10.1 Å². The van der Waals surface area contributed by atoms with Crippen molar-refractivity contribution in [3.8, 4) is 6.07 Å². The first kappa shape index (κ1) is 16.0. The number of amides is 1. The molecule has 0 bridgehead atoms. The molecule has 0 aliphatic carbocycles. The molecule has 1 amide bonds. The number of hydrogen-bond donors (Lipinski definition) is 1. The largest absolute Gasteiger partial charge is 0.416 e. The highest BCUT2D eigenvalue weighted by atomic mass is 19.4. The third-order valence-corrected chi connectivity index (χ3v) is 2.49. The van der Waals surface area contributed by atoms with Crippen molar-refractivity contribution in [2.45, 2.75) is 19.0 Å². The number of nitrogens with zero attached hydrogens (tertiary/aromatic N) is 1. The number of ether oxygens (including phenoxy) is 1. The fourth-order valence-electron chi connectivity index (χ4n) is 1.51. The maximum atomic E-state index is 12.5. The molecule has 1 aromatic rings. The first-order valence-electron chi connectivity index (χ1n) is 5.78. The number of anilines is 1. The van der Waals surface area contributed by atoms with Crippen molar-refractivity contribution in [1.82, 2.24) is 0 Å². The van der Waals surface area contributed by atoms with Crippen LogP contribution >= 0.6 is 0 Å². The van der Waals surface area contributed by atoms with Crippen LogP contribution in [-0.4, -0.2) is 19.6 Å². The molecule has 1 rings (SSSR count). The molecule has 0 unspecified atom stereocenters. The fourth-order valence-corrected chi connectivity index (χ4v) is 1.51. The van der Waals surface area contributed by atoms with Crippen LogP contribution in [0.3, 0.4) is 0 Å². The van der Waals surface area contributed by atoms with Crippen LogP contribution in [0.15, 0.2) is 18.2 Å². The van der Waals surface area contributed by atoms with E-state index >= 15 is 0 Å². The number of benzene rings is 1. The lowest BCUT2D eigenvalue weighted by molar-refractivity contribution is -0.137. The Morgan fingerprint density at radius 2 is 2.15 bits per heavy atom. The number of alkyl halides is 3. The summed E-state index contributed by atoms with van der Waals surface area (Å²) in [6.07, 6.45) is -3.86. The van der Waals surface area contributed by atoms with Crippen molar-refractivity contribution in [3.05, 3.63) is 29.3 Å². The average molecular weight is 286 g/mol. The monoisotopic (exact) mass is 286 g/mol. The summed E-state index contributed by atoms with van der Waals surface area (Å²) < 4.78 is 42.3. The van der Waals surface area contributed by atoms with Crippen LogP contribution < -0.4 is 5.32 Å². The normalized spacial score (nSPS) is 10.9. The molecule has 0 aliphatic rings. The topological polar surface area (TPSA) is 62.1 Å². The number of nitriles is 1. The van der Waals surface area contributed by atoms with Crippen LogP contribution in [0, 0.1) is 11.3 Å². The van der Waals surface area contributed by atoms with Crippen molar-refractivity contribution in [2.24, 2.45) is 0 Å². The molecular weight excluding hydrogens is 273 g/mol. The van der Waals surface area contributed by atoms with Gasteiger partial charge in [0.15, 0.2) is 0 Å². The van der Waals surface area contributed by atoms with Gasteiger partial charge in [0.05, 0.1) is 16.8 Å². The summed E-state index contributed by atoms with van der Waals surface area (Å²) in [6.45, 7) is 0.408. The summed E-state index contributed by atoms with van der Waals surface area (Å²) in [6, 6.07) is 4.26. The molecule has 0 spiro atoms. The van der Waals surface area contributed by atoms with Gasteiger partial charge in [0.1, 0.15) is 6.07 Å². The summed E-state index contributed by atoms with van der Waals surface area (Å²) in [7, 11) is 1.50. The highest BCUT2D eigenvalue weighted by Gasteiger charge is 2.31. The Morgan fingerprint density at radius 1 is 1.45 bits per heavy atom. The molecule has 0 atom stereocenters. The van der Waals surface area contributed by atoms with E-state index in [4.69, 9.17) is 10.00 Å². The number of rotatable bonds is 5. The Morgan fingerprint density at radius 3 is 2.70 bits per heavy atom. The molecule has 0 aromatic heterocycles. The summed E-state index contributed by atoms with van der Waals surface area (Å²) >= 11 is 0. The second kappa shape index (κ2) is 6.91. The van der Waals surface area contributed by atoms with Gasteiger partial charge in [0.25, 0.3) is 0 Å². The van der Waals surface area contributed by atoms with Gasteiger partial charge in [0.2, 0.25) is 5.91 Å². The first-order chi connectivity index (χ1) is 9.38. The average Bonchev–Trinajstić information content (AvgIpc) is 2.38. The molecule has 20 heavy (non-hydrogen) atoms. The fraction of sp³-hybridized carbons (Fsp3) is 0.385. The predicted molar refractivity (Wildman–Crippen MR) is 65.9 cm³/mol. The molecule has 0 radical (unpaired) electrons. The Kier molecular flexibility index (Phi) is 5.53. The van der Waals surface area contributed by atoms with E-state index in [0.717, 1.165) is 12.1 Å². The van der Waals surface area contributed by atoms with Crippen molar-refractivity contribution in [2.75, 3.05) is 19.0 Å². The zero-order valence-corrected chi connectivity index (χ0v) is 10.8. The number of carbonyl (C=O) groups excluding carboxylic acids is 1. The smallest absolute Gasteiger partial charge is 0.385 e. The van der Waals surface area contributed by atoms with E-state index in [-0.39, 0.29) is 23.6 Å². The molecule has 0 aliphatic heterocycles. The van der Waals surface area contributed by atoms with E-state index in [9.17, 15) is 18.0 Å². The second-order valence-electron chi connectivity index (χ2n) is 4.01. The lowest BCUT2D eigenvalue weighted by Gasteiger charge is -2.10. The number of hydrogen-bond acceptors (Lipinski definition) is 3. The van der Waals surface area contributed by atoms with Crippen molar-refractivity contribution < 1.29 is 22.7 Å². The van der Waals surface area contributed by atoms with E-state index < -0.39 is 11.7 Å². The maximum absolute atomic E-state index is 12.5. The van der Waals surface area contributed by atoms with Gasteiger partial charge in [-0.25, -0.2) is 0 Å². The van der Waals surface area contributed by atoms with Crippen LogP contribution in [0.5, 0.6) is 0 Å². The summed E-state index contributed by atoms with van der Waals surface area (Å²) in [5, 5.41) is 11.3. The number of carbonyl (C=O) groups is 1. The standard InChI is InChI=1S/C13H13F3N2O2/c1-20-6-2-3-12(19)18-11-5-4-10(13(14,15)16)7-9(11)8-17/h4-5,7H,2-3,6H2,1H3,(H,18,19). The molecule has 4 nitrogen and oxygen atoms in total. The highest BCUT2D eigenvalue weighted by molar-refractivity contribution is 5.92. The van der Waals surface area contributed by atoms with Gasteiger partial charge >= 0.3 is 6.18 Å². The van der Waals surface area contributed by atoms with Crippen molar-refractivity contribution in [1.29, 1.82) is 5.26 Å². The zero-order chi connectivity index (χ0) is 15.2. The van der Waals surface area contributed by atoms with E-state index in [1.54, 1.807) is 6.07 Å². The van der Waals surface area contributed by atoms with Crippen LogP contribution in [0.2, 0.25) is 0 Å². The third kappa shape index (κ3) is 4.55. The zero-order valence-electron chi connectivity index (χ0n) is 10.8. The SMILES string of the molecule is COCCCC(=O)Nc1ccc(C(F)(F)F)cc1C#N. The van der Waals surface area contributed by atoms with Crippen LogP contribution in [0.1, 0.15) is 24.0 Å². The Hall–Kier alpha value is -2.07. The Bertz CT molecular complexity index is 521. The van der Waals surface area contributed by atoms with Gasteiger partial charge in [-0.2, -0.15) is 18.4 Å². The second-order valence-corrected chi connectivity index (χ2v) is 4.01. The Labute approximate surface area is 114 Å². The predicted octanol–water partition coefficient (Wildman–Crippen LogP) is 2.94. The van der Waals surface area contributed by atoms with E-state index in [2.05, 4.69) is 5.32 Å². The van der Waals surface area contributed by atoms with E-state index in [1.807, 2.05) is 0 Å². The van der Waals surface area contributed by atoms with Crippen LogP contribution in [-0.2, 0) is 15.7 Å². The van der Waals surface area contributed by atoms with Crippen LogP contribution in [0.25, 0.3) is 0 Å². The lowest BCUT2D eigenvalue weighted by Crippen LogP contribution is -2.14. The molecule has 1 aromatic carbocycles. The number of nitrogens with one attached hydrogen (secondary N) is 1. The quantitative estimate of drug-likeness (QED) is 0.846. The van der Waals surface area contributed by atoms with Gasteiger partial charge in [-0.05, 0) is 24.6 Å². The molecule has 108 valence electrons. The molecule has 1 N–H and O–H groups in total. The lowest BCUT2D eigenvalue weighted by atomic mass is 10.1. The summed E-state index contributed by atoms with van der Waals surface area (Å²) in [4.78, 5) is 11.5. The van der Waals surface area contributed by atoms with Crippen molar-refractivity contribution >= 4 is 11.6 Å². The number of methoxy groups -OCH3 is 1. The molecule has 0 heterocycles. The van der Waals surface area contributed by atoms with Gasteiger partial charge in [-0.3, -0.25) is 4.79 Å². The summed E-state index contributed by atoms with van der Waals surface area (Å²) in [5.41, 5.74) is -1.07. The minimum Gasteiger partial charge on any atom is -0.385 e. The van der Waals surface area contributed by atoms with Gasteiger partial charge in [-0.1, -0.05) is 0 Å². The minimum absolute atomic E-state index is 0.0721. The van der Waals surface area contributed by atoms with E-state index in [1.165, 1.54) is 7.11 Å². The first-order valence-corrected chi connectivity index (χ1v) is 5.78. The molecule has 0 saturated heterocycles. The molecular formula is C13H13F3N2O2. The number of halogens is 3. The van der Waals surface area contributed by atoms with Gasteiger partial charge in [0, 0.05) is 20.1 Å². The molecule has 0 saturated carbocycles. The van der Waals surface area contributed by atoms with Gasteiger partial charge in [-0.15, -0.1) is 0 Å². The van der Waals surface area contributed by atoms with Crippen LogP contribution in [0.4, 0.5) is 18.9 Å². The molecule has 0 fully saturated rings.